The summed E-state index contributed by atoms with van der Waals surface area (Å²) in [4.78, 5) is 35.5. The molecule has 0 saturated carbocycles. The molecule has 0 fully saturated rings. The molecular weight excluding hydrogens is 570 g/mol. The van der Waals surface area contributed by atoms with Gasteiger partial charge < -0.3 is 10.1 Å². The molecule has 0 spiro atoms. The van der Waals surface area contributed by atoms with E-state index in [9.17, 15) is 9.59 Å². The third-order valence-electron chi connectivity index (χ3n) is 5.31. The Bertz CT molecular complexity index is 1740. The summed E-state index contributed by atoms with van der Waals surface area (Å²) in [6.45, 7) is 1.90. The number of hydrogen-bond donors (Lipinski definition) is 1. The first kappa shape index (κ1) is 25.6. The summed E-state index contributed by atoms with van der Waals surface area (Å²) in [6.07, 6.45) is 1.61. The van der Waals surface area contributed by atoms with Crippen LogP contribution in [0.25, 0.3) is 21.7 Å². The second-order valence-corrected chi connectivity index (χ2v) is 11.6. The minimum absolute atomic E-state index is 0.0115. The van der Waals surface area contributed by atoms with Gasteiger partial charge in [0.1, 0.15) is 10.4 Å². The predicted molar refractivity (Wildman–Crippen MR) is 153 cm³/mol. The summed E-state index contributed by atoms with van der Waals surface area (Å²) in [6, 6.07) is 12.7. The number of nitrogens with zero attached hydrogens (tertiary/aromatic N) is 4. The molecule has 0 atom stereocenters. The van der Waals surface area contributed by atoms with Crippen LogP contribution in [0.2, 0.25) is 5.02 Å². The van der Waals surface area contributed by atoms with Crippen LogP contribution in [-0.2, 0) is 4.79 Å². The van der Waals surface area contributed by atoms with Crippen LogP contribution in [0.3, 0.4) is 0 Å². The van der Waals surface area contributed by atoms with E-state index in [1.165, 1.54) is 34.4 Å². The number of nitrogens with one attached hydrogen (secondary N) is 1. The molecule has 5 rings (SSSR count). The van der Waals surface area contributed by atoms with E-state index in [0.29, 0.717) is 41.0 Å². The molecule has 0 bridgehead atoms. The largest absolute Gasteiger partial charge is 0.495 e. The Morgan fingerprint density at radius 1 is 1.24 bits per heavy atom. The van der Waals surface area contributed by atoms with E-state index in [4.69, 9.17) is 33.5 Å². The van der Waals surface area contributed by atoms with Gasteiger partial charge >= 0.3 is 0 Å². The normalized spacial score (nSPS) is 11.1. The molecule has 0 unspecified atom stereocenters. The maximum atomic E-state index is 13.9. The number of anilines is 1. The first-order chi connectivity index (χ1) is 17.9. The van der Waals surface area contributed by atoms with Gasteiger partial charge in [-0.3, -0.25) is 18.7 Å². The van der Waals surface area contributed by atoms with E-state index < -0.39 is 0 Å². The number of carbonyl (C=O) groups is 1. The summed E-state index contributed by atoms with van der Waals surface area (Å²) in [5, 5.41) is 5.98. The molecule has 5 aromatic rings. The molecule has 2 aromatic carbocycles. The SMILES string of the molecule is COc1ccccc1-n1c(SCC(=O)Nc2nccs2)nc2c(sc(=S)n2-c2ccc(Cl)c(C)c2)c1=O. The summed E-state index contributed by atoms with van der Waals surface area (Å²) >= 11 is 15.5. The summed E-state index contributed by atoms with van der Waals surface area (Å²) < 4.78 is 9.60. The van der Waals surface area contributed by atoms with Crippen LogP contribution < -0.4 is 15.6 Å². The maximum absolute atomic E-state index is 13.9. The molecule has 3 heterocycles. The number of hydrogen-bond acceptors (Lipinski definition) is 9. The first-order valence-corrected chi connectivity index (χ1v) is 14.2. The number of aryl methyl sites for hydroxylation is 1. The van der Waals surface area contributed by atoms with Crippen molar-refractivity contribution in [1.82, 2.24) is 19.1 Å². The monoisotopic (exact) mass is 587 g/mol. The van der Waals surface area contributed by atoms with Crippen molar-refractivity contribution in [3.8, 4) is 17.1 Å². The summed E-state index contributed by atoms with van der Waals surface area (Å²) in [5.41, 5.74) is 2.24. The van der Waals surface area contributed by atoms with Crippen LogP contribution in [0.5, 0.6) is 5.75 Å². The van der Waals surface area contributed by atoms with Crippen molar-refractivity contribution in [2.75, 3.05) is 18.2 Å². The molecule has 0 radical (unpaired) electrons. The zero-order valence-electron chi connectivity index (χ0n) is 19.4. The number of amides is 1. The second-order valence-electron chi connectivity index (χ2n) is 7.67. The zero-order chi connectivity index (χ0) is 26.1. The Morgan fingerprint density at radius 2 is 2.05 bits per heavy atom. The number of aromatic nitrogens is 4. The third-order valence-corrected chi connectivity index (χ3v) is 8.72. The number of ether oxygens (including phenoxy) is 1. The van der Waals surface area contributed by atoms with Crippen molar-refractivity contribution in [2.45, 2.75) is 12.1 Å². The number of thioether (sulfide) groups is 1. The highest BCUT2D eigenvalue weighted by atomic mass is 35.5. The number of methoxy groups -OCH3 is 1. The van der Waals surface area contributed by atoms with Crippen LogP contribution in [0.15, 0.2) is 64.0 Å². The molecule has 3 aromatic heterocycles. The van der Waals surface area contributed by atoms with Gasteiger partial charge in [0, 0.05) is 22.3 Å². The number of thiazole rings is 2. The van der Waals surface area contributed by atoms with Crippen LogP contribution in [-0.4, -0.2) is 37.9 Å². The Morgan fingerprint density at radius 3 is 2.78 bits per heavy atom. The van der Waals surface area contributed by atoms with E-state index in [0.717, 1.165) is 23.0 Å². The van der Waals surface area contributed by atoms with Crippen LogP contribution in [0.1, 0.15) is 5.56 Å². The van der Waals surface area contributed by atoms with E-state index in [2.05, 4.69) is 10.3 Å². The van der Waals surface area contributed by atoms with E-state index in [-0.39, 0.29) is 17.2 Å². The average molecular weight is 588 g/mol. The lowest BCUT2D eigenvalue weighted by atomic mass is 10.2. The molecule has 37 heavy (non-hydrogen) atoms. The number of halogens is 1. The van der Waals surface area contributed by atoms with Crippen molar-refractivity contribution in [2.24, 2.45) is 0 Å². The fourth-order valence-electron chi connectivity index (χ4n) is 3.63. The molecule has 188 valence electrons. The topological polar surface area (TPSA) is 91.0 Å². The minimum atomic E-state index is -0.308. The van der Waals surface area contributed by atoms with E-state index in [1.807, 2.05) is 31.2 Å². The van der Waals surface area contributed by atoms with Gasteiger partial charge in [0.25, 0.3) is 5.56 Å². The maximum Gasteiger partial charge on any atom is 0.278 e. The van der Waals surface area contributed by atoms with Gasteiger partial charge in [-0.25, -0.2) is 9.97 Å². The van der Waals surface area contributed by atoms with Crippen molar-refractivity contribution in [1.29, 1.82) is 0 Å². The van der Waals surface area contributed by atoms with Gasteiger partial charge in [-0.2, -0.15) is 0 Å². The molecule has 0 aliphatic rings. The van der Waals surface area contributed by atoms with Gasteiger partial charge in [-0.1, -0.05) is 46.8 Å². The lowest BCUT2D eigenvalue weighted by molar-refractivity contribution is -0.113. The number of para-hydroxylation sites is 2. The van der Waals surface area contributed by atoms with E-state index >= 15 is 0 Å². The fraction of sp³-hybridized carbons (Fsp3) is 0.125. The van der Waals surface area contributed by atoms with Crippen molar-refractivity contribution in [3.05, 3.63) is 78.9 Å². The van der Waals surface area contributed by atoms with Gasteiger partial charge in [0.15, 0.2) is 19.9 Å². The zero-order valence-corrected chi connectivity index (χ0v) is 23.4. The molecule has 0 aliphatic heterocycles. The Kier molecular flexibility index (Phi) is 7.45. The Labute approximate surface area is 233 Å². The lowest BCUT2D eigenvalue weighted by Gasteiger charge is -2.15. The van der Waals surface area contributed by atoms with Crippen molar-refractivity contribution in [3.63, 3.8) is 0 Å². The Balaban J connectivity index is 1.68. The van der Waals surface area contributed by atoms with Crippen LogP contribution in [0.4, 0.5) is 5.13 Å². The summed E-state index contributed by atoms with van der Waals surface area (Å²) in [7, 11) is 1.54. The number of benzene rings is 2. The van der Waals surface area contributed by atoms with Crippen molar-refractivity contribution < 1.29 is 9.53 Å². The van der Waals surface area contributed by atoms with Gasteiger partial charge in [-0.05, 0) is 55.0 Å². The lowest BCUT2D eigenvalue weighted by Crippen LogP contribution is -2.23. The number of rotatable bonds is 7. The van der Waals surface area contributed by atoms with Gasteiger partial charge in [0.05, 0.1) is 18.6 Å². The van der Waals surface area contributed by atoms with Crippen LogP contribution in [0, 0.1) is 10.9 Å². The summed E-state index contributed by atoms with van der Waals surface area (Å²) in [5.74, 6) is 0.241. The van der Waals surface area contributed by atoms with E-state index in [1.54, 1.807) is 34.3 Å². The molecule has 0 aliphatic carbocycles. The molecule has 1 N–H and O–H groups in total. The Hall–Kier alpha value is -3.03. The molecular formula is C24H18ClN5O3S4. The standard InChI is InChI=1S/C24H18ClN5O3S4/c1-13-11-14(7-8-15(13)25)29-20-19(37-24(29)34)21(32)30(16-5-3-4-6-17(16)33-2)23(28-20)36-12-18(31)27-22-26-9-10-35-22/h3-11H,12H2,1-2H3,(H,26,27,31). The fourth-order valence-corrected chi connectivity index (χ4v) is 6.39. The highest BCUT2D eigenvalue weighted by Gasteiger charge is 2.21. The average Bonchev–Trinajstić information content (AvgIpc) is 3.52. The second kappa shape index (κ2) is 10.8. The molecule has 13 heteroatoms. The van der Waals surface area contributed by atoms with Crippen LogP contribution >= 0.6 is 58.3 Å². The van der Waals surface area contributed by atoms with Crippen molar-refractivity contribution >= 4 is 79.6 Å². The number of fused-ring (bicyclic) bond motifs is 1. The quantitative estimate of drug-likeness (QED) is 0.139. The molecule has 0 saturated heterocycles. The first-order valence-electron chi connectivity index (χ1n) is 10.8. The molecule has 8 nitrogen and oxygen atoms in total. The predicted octanol–water partition coefficient (Wildman–Crippen LogP) is 6.13. The van der Waals surface area contributed by atoms with Gasteiger partial charge in [0.2, 0.25) is 5.91 Å². The minimum Gasteiger partial charge on any atom is -0.495 e. The van der Waals surface area contributed by atoms with Gasteiger partial charge in [-0.15, -0.1) is 11.3 Å². The highest BCUT2D eigenvalue weighted by Crippen LogP contribution is 2.31. The molecule has 1 amide bonds. The highest BCUT2D eigenvalue weighted by molar-refractivity contribution is 7.99. The third kappa shape index (κ3) is 5.07. The smallest absolute Gasteiger partial charge is 0.278 e. The number of carbonyl (C=O) groups excluding carboxylic acids is 1.